The van der Waals surface area contributed by atoms with Crippen LogP contribution in [0.15, 0.2) is 27.5 Å². The second-order valence-corrected chi connectivity index (χ2v) is 9.47. The van der Waals surface area contributed by atoms with Gasteiger partial charge in [-0.3, -0.25) is 0 Å². The Kier molecular flexibility index (Phi) is 5.75. The summed E-state index contributed by atoms with van der Waals surface area (Å²) in [5.74, 6) is -1.13. The van der Waals surface area contributed by atoms with E-state index in [2.05, 4.69) is 11.1 Å². The van der Waals surface area contributed by atoms with Gasteiger partial charge in [-0.1, -0.05) is 25.3 Å². The molecule has 2 fully saturated rings. The van der Waals surface area contributed by atoms with E-state index in [1.807, 2.05) is 0 Å². The second kappa shape index (κ2) is 8.32. The second-order valence-electron chi connectivity index (χ2n) is 7.59. The first-order valence-corrected chi connectivity index (χ1v) is 11.5. The van der Waals surface area contributed by atoms with E-state index >= 15 is 0 Å². The average Bonchev–Trinajstić information content (AvgIpc) is 3.19. The lowest BCUT2D eigenvalue weighted by molar-refractivity contribution is 0.346. The van der Waals surface area contributed by atoms with Gasteiger partial charge in [0.15, 0.2) is 4.90 Å². The summed E-state index contributed by atoms with van der Waals surface area (Å²) in [6.45, 7) is 0.480. The molecule has 0 bridgehead atoms. The van der Waals surface area contributed by atoms with E-state index in [9.17, 15) is 22.5 Å². The van der Waals surface area contributed by atoms with Gasteiger partial charge < -0.3 is 9.32 Å². The van der Waals surface area contributed by atoms with E-state index in [1.165, 1.54) is 6.42 Å². The molecule has 7 nitrogen and oxygen atoms in total. The summed E-state index contributed by atoms with van der Waals surface area (Å²) in [6.07, 6.45) is 5.35. The Labute approximate surface area is 174 Å². The van der Waals surface area contributed by atoms with Crippen molar-refractivity contribution in [2.75, 3.05) is 31.1 Å². The predicted molar refractivity (Wildman–Crippen MR) is 104 cm³/mol. The molecule has 160 valence electrons. The smallest absolute Gasteiger partial charge is 0.249 e. The normalized spacial score (nSPS) is 19.0. The zero-order chi connectivity index (χ0) is 21.3. The molecule has 1 aliphatic carbocycles. The molecule has 1 aromatic carbocycles. The van der Waals surface area contributed by atoms with Crippen LogP contribution in [0.1, 0.15) is 49.6 Å². The number of aromatic nitrogens is 1. The van der Waals surface area contributed by atoms with Crippen LogP contribution in [-0.2, 0) is 10.0 Å². The van der Waals surface area contributed by atoms with Crippen molar-refractivity contribution in [3.8, 4) is 6.07 Å². The summed E-state index contributed by atoms with van der Waals surface area (Å²) in [4.78, 5) is 5.20. The van der Waals surface area contributed by atoms with Crippen LogP contribution in [-0.4, -0.2) is 43.9 Å². The number of anilines is 1. The SMILES string of the molecule is N#Cc1nc(C2CCCCC2)oc1N1CCN(S(=O)(=O)c2c(F)cccc2F)CC1. The molecule has 30 heavy (non-hydrogen) atoms. The van der Waals surface area contributed by atoms with Crippen LogP contribution in [0.4, 0.5) is 14.7 Å². The third kappa shape index (κ3) is 3.79. The summed E-state index contributed by atoms with van der Waals surface area (Å²) < 4.78 is 60.5. The molecule has 2 aromatic rings. The number of sulfonamides is 1. The molecule has 2 aliphatic rings. The maximum absolute atomic E-state index is 14.0. The van der Waals surface area contributed by atoms with Crippen molar-refractivity contribution in [3.63, 3.8) is 0 Å². The molecular weight excluding hydrogens is 414 g/mol. The van der Waals surface area contributed by atoms with Crippen molar-refractivity contribution in [2.24, 2.45) is 0 Å². The summed E-state index contributed by atoms with van der Waals surface area (Å²) in [6, 6.07) is 5.03. The zero-order valence-corrected chi connectivity index (χ0v) is 17.2. The highest BCUT2D eigenvalue weighted by atomic mass is 32.2. The zero-order valence-electron chi connectivity index (χ0n) is 16.4. The van der Waals surface area contributed by atoms with Crippen molar-refractivity contribution in [2.45, 2.75) is 42.9 Å². The van der Waals surface area contributed by atoms with Gasteiger partial charge in [-0.2, -0.15) is 9.57 Å². The van der Waals surface area contributed by atoms with Crippen LogP contribution in [0.25, 0.3) is 0 Å². The number of rotatable bonds is 4. The average molecular weight is 436 g/mol. The van der Waals surface area contributed by atoms with Crippen LogP contribution in [0, 0.1) is 23.0 Å². The molecule has 0 spiro atoms. The standard InChI is InChI=1S/C20H22F2N4O3S/c21-15-7-4-8-16(22)18(15)30(27,28)26-11-9-25(10-12-26)20-17(13-23)24-19(29-20)14-5-2-1-3-6-14/h4,7-8,14H,1-3,5-6,9-12H2. The highest BCUT2D eigenvalue weighted by molar-refractivity contribution is 7.89. The number of nitriles is 1. The Morgan fingerprint density at radius 2 is 1.70 bits per heavy atom. The Morgan fingerprint density at radius 3 is 2.30 bits per heavy atom. The Balaban J connectivity index is 1.51. The lowest BCUT2D eigenvalue weighted by Gasteiger charge is -2.33. The Bertz CT molecular complexity index is 1050. The molecule has 1 saturated heterocycles. The van der Waals surface area contributed by atoms with Crippen molar-refractivity contribution in [1.29, 1.82) is 5.26 Å². The number of piperazine rings is 1. The van der Waals surface area contributed by atoms with Gasteiger partial charge in [0.25, 0.3) is 0 Å². The van der Waals surface area contributed by atoms with E-state index in [0.717, 1.165) is 48.2 Å². The first-order valence-electron chi connectivity index (χ1n) is 10.0. The molecular formula is C20H22F2N4O3S. The van der Waals surface area contributed by atoms with Crippen LogP contribution in [0.2, 0.25) is 0 Å². The summed E-state index contributed by atoms with van der Waals surface area (Å²) in [5.41, 5.74) is 0.187. The number of halogens is 2. The lowest BCUT2D eigenvalue weighted by Crippen LogP contribution is -2.49. The minimum absolute atomic E-state index is 0.0143. The van der Waals surface area contributed by atoms with Crippen molar-refractivity contribution in [1.82, 2.24) is 9.29 Å². The van der Waals surface area contributed by atoms with E-state index in [1.54, 1.807) is 4.90 Å². The van der Waals surface area contributed by atoms with Gasteiger partial charge in [0, 0.05) is 32.1 Å². The Hall–Kier alpha value is -2.51. The van der Waals surface area contributed by atoms with Crippen molar-refractivity contribution < 1.29 is 21.6 Å². The molecule has 0 atom stereocenters. The van der Waals surface area contributed by atoms with Gasteiger partial charge in [-0.15, -0.1) is 0 Å². The number of hydrogen-bond donors (Lipinski definition) is 0. The van der Waals surface area contributed by atoms with E-state index in [4.69, 9.17) is 4.42 Å². The fourth-order valence-corrected chi connectivity index (χ4v) is 5.66. The number of oxazole rings is 1. The summed E-state index contributed by atoms with van der Waals surface area (Å²) >= 11 is 0. The molecule has 1 aliphatic heterocycles. The summed E-state index contributed by atoms with van der Waals surface area (Å²) in [7, 11) is -4.31. The highest BCUT2D eigenvalue weighted by Crippen LogP contribution is 2.35. The predicted octanol–water partition coefficient (Wildman–Crippen LogP) is 3.38. The maximum atomic E-state index is 14.0. The Morgan fingerprint density at radius 1 is 1.07 bits per heavy atom. The monoisotopic (exact) mass is 436 g/mol. The van der Waals surface area contributed by atoms with Crippen LogP contribution < -0.4 is 4.90 Å². The van der Waals surface area contributed by atoms with Gasteiger partial charge in [0.1, 0.15) is 17.7 Å². The minimum atomic E-state index is -4.31. The van der Waals surface area contributed by atoms with Crippen LogP contribution in [0.3, 0.4) is 0 Å². The molecule has 10 heteroatoms. The third-order valence-electron chi connectivity index (χ3n) is 5.73. The van der Waals surface area contributed by atoms with Gasteiger partial charge in [-0.05, 0) is 25.0 Å². The quantitative estimate of drug-likeness (QED) is 0.730. The number of hydrogen-bond acceptors (Lipinski definition) is 6. The molecule has 1 saturated carbocycles. The lowest BCUT2D eigenvalue weighted by atomic mass is 9.89. The van der Waals surface area contributed by atoms with E-state index in [-0.39, 0.29) is 37.8 Å². The first kappa shape index (κ1) is 20.8. The molecule has 2 heterocycles. The fourth-order valence-electron chi connectivity index (χ4n) is 4.13. The third-order valence-corrected chi connectivity index (χ3v) is 7.68. The van der Waals surface area contributed by atoms with Gasteiger partial charge in [0.05, 0.1) is 0 Å². The molecule has 0 N–H and O–H groups in total. The topological polar surface area (TPSA) is 90.4 Å². The molecule has 0 radical (unpaired) electrons. The number of nitrogens with zero attached hydrogens (tertiary/aromatic N) is 4. The molecule has 0 unspecified atom stereocenters. The highest BCUT2D eigenvalue weighted by Gasteiger charge is 2.35. The van der Waals surface area contributed by atoms with Gasteiger partial charge in [0.2, 0.25) is 27.5 Å². The largest absolute Gasteiger partial charge is 0.423 e. The maximum Gasteiger partial charge on any atom is 0.249 e. The molecule has 0 amide bonds. The first-order chi connectivity index (χ1) is 14.4. The van der Waals surface area contributed by atoms with Gasteiger partial charge in [-0.25, -0.2) is 22.2 Å². The summed E-state index contributed by atoms with van der Waals surface area (Å²) in [5, 5.41) is 9.46. The van der Waals surface area contributed by atoms with E-state index < -0.39 is 26.6 Å². The van der Waals surface area contributed by atoms with Crippen molar-refractivity contribution in [3.05, 3.63) is 41.4 Å². The van der Waals surface area contributed by atoms with Crippen LogP contribution in [0.5, 0.6) is 0 Å². The minimum Gasteiger partial charge on any atom is -0.423 e. The molecule has 1 aromatic heterocycles. The number of benzene rings is 1. The fraction of sp³-hybridized carbons (Fsp3) is 0.500. The molecule has 4 rings (SSSR count). The van der Waals surface area contributed by atoms with Crippen LogP contribution >= 0.6 is 0 Å². The van der Waals surface area contributed by atoms with E-state index in [0.29, 0.717) is 11.8 Å². The van der Waals surface area contributed by atoms with Crippen molar-refractivity contribution >= 4 is 15.9 Å². The van der Waals surface area contributed by atoms with Gasteiger partial charge >= 0.3 is 0 Å².